The molecule has 0 saturated carbocycles. The highest BCUT2D eigenvalue weighted by atomic mass is 32.2. The van der Waals surface area contributed by atoms with Gasteiger partial charge in [-0.2, -0.15) is 0 Å². The fourth-order valence-corrected chi connectivity index (χ4v) is 3.97. The number of Topliss-reactive ketones (excluding diaryl/α,β-unsaturated/α-hetero) is 1. The molecule has 1 heterocycles. The number of hydrogen-bond donors (Lipinski definition) is 0. The van der Waals surface area contributed by atoms with Crippen molar-refractivity contribution < 1.29 is 9.59 Å². The molecule has 1 amide bonds. The van der Waals surface area contributed by atoms with Gasteiger partial charge in [-0.25, -0.2) is 0 Å². The Balaban J connectivity index is 1.48. The van der Waals surface area contributed by atoms with Crippen LogP contribution < -0.4 is 4.90 Å². The van der Waals surface area contributed by atoms with E-state index in [1.807, 2.05) is 30.3 Å². The highest BCUT2D eigenvalue weighted by molar-refractivity contribution is 8.00. The summed E-state index contributed by atoms with van der Waals surface area (Å²) in [5.74, 6) is 0.550. The molecular weight excluding hydrogens is 330 g/mol. The smallest absolute Gasteiger partial charge is 0.231 e. The molecule has 3 nitrogen and oxygen atoms in total. The first-order valence-corrected chi connectivity index (χ1v) is 9.15. The lowest BCUT2D eigenvalue weighted by molar-refractivity contribution is -0.117. The Morgan fingerprint density at radius 1 is 1.04 bits per heavy atom. The highest BCUT2D eigenvalue weighted by Gasteiger charge is 2.24. The van der Waals surface area contributed by atoms with Crippen LogP contribution in [0.25, 0.3) is 10.8 Å². The van der Waals surface area contributed by atoms with Crippen LogP contribution in [-0.2, 0) is 11.2 Å². The molecule has 0 saturated heterocycles. The minimum Gasteiger partial charge on any atom is -0.315 e. The number of amides is 1. The number of thioether (sulfide) groups is 1. The number of ketones is 1. The maximum Gasteiger partial charge on any atom is 0.231 e. The maximum atomic E-state index is 12.5. The molecule has 0 spiro atoms. The van der Waals surface area contributed by atoms with Gasteiger partial charge in [0.25, 0.3) is 0 Å². The Morgan fingerprint density at radius 2 is 1.84 bits per heavy atom. The molecule has 0 bridgehead atoms. The SMILES string of the molecule is CN1C(=O)Cc2cc(C(=O)CSc3ccc4ccccc4c3)ccc21. The van der Waals surface area contributed by atoms with E-state index in [-0.39, 0.29) is 11.7 Å². The number of nitrogens with zero attached hydrogens (tertiary/aromatic N) is 1. The lowest BCUT2D eigenvalue weighted by Crippen LogP contribution is -2.20. The zero-order valence-electron chi connectivity index (χ0n) is 13.9. The van der Waals surface area contributed by atoms with Crippen LogP contribution in [-0.4, -0.2) is 24.5 Å². The summed E-state index contributed by atoms with van der Waals surface area (Å²) in [4.78, 5) is 27.0. The predicted octanol–water partition coefficient (Wildman–Crippen LogP) is 4.33. The molecule has 0 aromatic heterocycles. The minimum atomic E-state index is 0.0742. The van der Waals surface area contributed by atoms with E-state index in [4.69, 9.17) is 0 Å². The van der Waals surface area contributed by atoms with Crippen LogP contribution in [0.4, 0.5) is 5.69 Å². The molecule has 0 N–H and O–H groups in total. The van der Waals surface area contributed by atoms with Gasteiger partial charge in [-0.15, -0.1) is 11.8 Å². The lowest BCUT2D eigenvalue weighted by Gasteiger charge is -2.10. The van der Waals surface area contributed by atoms with Crippen LogP contribution in [0.15, 0.2) is 65.6 Å². The van der Waals surface area contributed by atoms with E-state index in [1.165, 1.54) is 10.8 Å². The number of rotatable bonds is 4. The summed E-state index contributed by atoms with van der Waals surface area (Å²) in [7, 11) is 1.77. The van der Waals surface area contributed by atoms with Gasteiger partial charge in [-0.05, 0) is 46.7 Å². The zero-order valence-corrected chi connectivity index (χ0v) is 14.7. The Bertz CT molecular complexity index is 996. The van der Waals surface area contributed by atoms with Gasteiger partial charge in [0, 0.05) is 23.2 Å². The van der Waals surface area contributed by atoms with Crippen molar-refractivity contribution in [1.82, 2.24) is 0 Å². The summed E-state index contributed by atoms with van der Waals surface area (Å²) in [6, 6.07) is 20.0. The van der Waals surface area contributed by atoms with E-state index in [2.05, 4.69) is 30.3 Å². The van der Waals surface area contributed by atoms with Crippen molar-refractivity contribution in [2.24, 2.45) is 0 Å². The molecule has 0 fully saturated rings. The van der Waals surface area contributed by atoms with Crippen molar-refractivity contribution >= 4 is 39.9 Å². The average Bonchev–Trinajstić information content (AvgIpc) is 2.93. The third-order valence-corrected chi connectivity index (χ3v) is 5.56. The first-order valence-electron chi connectivity index (χ1n) is 8.16. The second-order valence-corrected chi connectivity index (χ2v) is 7.24. The van der Waals surface area contributed by atoms with Gasteiger partial charge in [0.2, 0.25) is 5.91 Å². The highest BCUT2D eigenvalue weighted by Crippen LogP contribution is 2.29. The number of carbonyl (C=O) groups excluding carboxylic acids is 2. The second-order valence-electron chi connectivity index (χ2n) is 6.19. The monoisotopic (exact) mass is 347 g/mol. The zero-order chi connectivity index (χ0) is 17.4. The third-order valence-electron chi connectivity index (χ3n) is 4.57. The Kier molecular flexibility index (Phi) is 4.06. The summed E-state index contributed by atoms with van der Waals surface area (Å²) in [5.41, 5.74) is 2.52. The van der Waals surface area contributed by atoms with E-state index in [1.54, 1.807) is 23.7 Å². The van der Waals surface area contributed by atoms with Gasteiger partial charge in [-0.3, -0.25) is 9.59 Å². The van der Waals surface area contributed by atoms with Crippen LogP contribution in [0.2, 0.25) is 0 Å². The summed E-state index contributed by atoms with van der Waals surface area (Å²) in [5, 5.41) is 2.38. The fourth-order valence-electron chi connectivity index (χ4n) is 3.13. The Labute approximate surface area is 150 Å². The lowest BCUT2D eigenvalue weighted by atomic mass is 10.1. The first-order chi connectivity index (χ1) is 12.1. The summed E-state index contributed by atoms with van der Waals surface area (Å²) in [6.45, 7) is 0. The number of anilines is 1. The van der Waals surface area contributed by atoms with E-state index in [0.29, 0.717) is 17.7 Å². The first kappa shape index (κ1) is 15.9. The molecule has 1 aliphatic rings. The Hall–Kier alpha value is -2.59. The summed E-state index contributed by atoms with van der Waals surface area (Å²) in [6.07, 6.45) is 0.380. The molecule has 0 unspecified atom stereocenters. The van der Waals surface area contributed by atoms with Gasteiger partial charge < -0.3 is 4.90 Å². The van der Waals surface area contributed by atoms with Crippen molar-refractivity contribution in [2.75, 3.05) is 17.7 Å². The van der Waals surface area contributed by atoms with Crippen molar-refractivity contribution in [3.8, 4) is 0 Å². The number of hydrogen-bond acceptors (Lipinski definition) is 3. The molecule has 0 radical (unpaired) electrons. The van der Waals surface area contributed by atoms with Crippen LogP contribution in [0, 0.1) is 0 Å². The van der Waals surface area contributed by atoms with Gasteiger partial charge in [0.1, 0.15) is 0 Å². The molecule has 1 aliphatic heterocycles. The van der Waals surface area contributed by atoms with Crippen LogP contribution in [0.1, 0.15) is 15.9 Å². The van der Waals surface area contributed by atoms with E-state index < -0.39 is 0 Å². The van der Waals surface area contributed by atoms with Crippen LogP contribution in [0.3, 0.4) is 0 Å². The number of carbonyl (C=O) groups is 2. The van der Waals surface area contributed by atoms with Crippen molar-refractivity contribution in [3.63, 3.8) is 0 Å². The predicted molar refractivity (Wildman–Crippen MR) is 103 cm³/mol. The second kappa shape index (κ2) is 6.37. The van der Waals surface area contributed by atoms with Gasteiger partial charge in [-0.1, -0.05) is 30.3 Å². The molecule has 0 aliphatic carbocycles. The standard InChI is InChI=1S/C21H17NO2S/c1-22-19-9-7-16(10-17(19)12-21(22)24)20(23)13-25-18-8-6-14-4-2-3-5-15(14)11-18/h2-11H,12-13H2,1H3. The quantitative estimate of drug-likeness (QED) is 0.521. The van der Waals surface area contributed by atoms with Gasteiger partial charge in [0.05, 0.1) is 12.2 Å². The number of benzene rings is 3. The molecule has 3 aromatic carbocycles. The largest absolute Gasteiger partial charge is 0.315 e. The molecule has 124 valence electrons. The number of fused-ring (bicyclic) bond motifs is 2. The molecular formula is C21H17NO2S. The summed E-state index contributed by atoms with van der Waals surface area (Å²) < 4.78 is 0. The molecule has 3 aromatic rings. The molecule has 25 heavy (non-hydrogen) atoms. The van der Waals surface area contributed by atoms with Crippen molar-refractivity contribution in [1.29, 1.82) is 0 Å². The molecule has 4 heteroatoms. The molecule has 0 atom stereocenters. The normalized spacial score (nSPS) is 13.3. The maximum absolute atomic E-state index is 12.5. The van der Waals surface area contributed by atoms with Crippen molar-refractivity contribution in [2.45, 2.75) is 11.3 Å². The van der Waals surface area contributed by atoms with E-state index in [9.17, 15) is 9.59 Å². The fraction of sp³-hybridized carbons (Fsp3) is 0.143. The van der Waals surface area contributed by atoms with Crippen LogP contribution in [0.5, 0.6) is 0 Å². The van der Waals surface area contributed by atoms with Gasteiger partial charge >= 0.3 is 0 Å². The third kappa shape index (κ3) is 3.05. The number of likely N-dealkylation sites (N-methyl/N-ethyl adjacent to an activating group) is 1. The Morgan fingerprint density at radius 3 is 2.68 bits per heavy atom. The van der Waals surface area contributed by atoms with Crippen LogP contribution >= 0.6 is 11.8 Å². The van der Waals surface area contributed by atoms with E-state index >= 15 is 0 Å². The minimum absolute atomic E-state index is 0.0742. The summed E-state index contributed by atoms with van der Waals surface area (Å²) >= 11 is 1.55. The van der Waals surface area contributed by atoms with Crippen molar-refractivity contribution in [3.05, 3.63) is 71.8 Å². The van der Waals surface area contributed by atoms with E-state index in [0.717, 1.165) is 16.1 Å². The topological polar surface area (TPSA) is 37.4 Å². The average molecular weight is 347 g/mol. The molecule has 4 rings (SSSR count). The van der Waals surface area contributed by atoms with Gasteiger partial charge in [0.15, 0.2) is 5.78 Å².